The molecule has 4 rings (SSSR count). The summed E-state index contributed by atoms with van der Waals surface area (Å²) in [6.07, 6.45) is 0.926. The van der Waals surface area contributed by atoms with Crippen LogP contribution in [-0.4, -0.2) is 43.4 Å². The van der Waals surface area contributed by atoms with Crippen LogP contribution in [0.15, 0.2) is 46.3 Å². The summed E-state index contributed by atoms with van der Waals surface area (Å²) in [4.78, 5) is 18.2. The number of hydrogen-bond donors (Lipinski definition) is 0. The number of sulfonamides is 1. The molecule has 9 heteroatoms. The third kappa shape index (κ3) is 4.24. The fraction of sp³-hybridized carbons (Fsp3) is 0.391. The van der Waals surface area contributed by atoms with E-state index in [1.54, 1.807) is 24.3 Å². The molecular weight excluding hydrogens is 446 g/mol. The lowest BCUT2D eigenvalue weighted by Crippen LogP contribution is -2.40. The van der Waals surface area contributed by atoms with Crippen LogP contribution in [0.1, 0.15) is 24.0 Å². The monoisotopic (exact) mass is 473 g/mol. The minimum absolute atomic E-state index is 0.179. The number of rotatable bonds is 4. The summed E-state index contributed by atoms with van der Waals surface area (Å²) in [6.45, 7) is 4.75. The fourth-order valence-electron chi connectivity index (χ4n) is 3.91. The number of aryl methyl sites for hydroxylation is 3. The fourth-order valence-corrected chi connectivity index (χ4v) is 6.48. The van der Waals surface area contributed by atoms with Crippen LogP contribution >= 0.6 is 11.3 Å². The van der Waals surface area contributed by atoms with Crippen molar-refractivity contribution in [1.82, 2.24) is 8.87 Å². The van der Waals surface area contributed by atoms with Gasteiger partial charge in [-0.3, -0.25) is 4.79 Å². The largest absolute Gasteiger partial charge is 0.497 e. The van der Waals surface area contributed by atoms with Crippen LogP contribution < -0.4 is 9.54 Å². The van der Waals surface area contributed by atoms with Gasteiger partial charge in [-0.25, -0.2) is 8.42 Å². The van der Waals surface area contributed by atoms with E-state index in [-0.39, 0.29) is 16.7 Å². The first-order chi connectivity index (χ1) is 15.2. The van der Waals surface area contributed by atoms with Gasteiger partial charge in [-0.05, 0) is 74.2 Å². The highest BCUT2D eigenvalue weighted by atomic mass is 32.2. The van der Waals surface area contributed by atoms with Gasteiger partial charge < -0.3 is 9.30 Å². The molecule has 0 bridgehead atoms. The van der Waals surface area contributed by atoms with Crippen molar-refractivity contribution >= 4 is 37.5 Å². The van der Waals surface area contributed by atoms with E-state index in [2.05, 4.69) is 31.0 Å². The lowest BCUT2D eigenvalue weighted by Gasteiger charge is -2.29. The second-order valence-electron chi connectivity index (χ2n) is 8.15. The van der Waals surface area contributed by atoms with Crippen LogP contribution in [0.4, 0.5) is 0 Å². The summed E-state index contributed by atoms with van der Waals surface area (Å²) < 4.78 is 35.5. The number of amides is 1. The van der Waals surface area contributed by atoms with Gasteiger partial charge in [0.15, 0.2) is 4.80 Å². The number of benzene rings is 2. The molecule has 1 aliphatic rings. The molecule has 3 aromatic rings. The first kappa shape index (κ1) is 22.7. The van der Waals surface area contributed by atoms with Gasteiger partial charge in [-0.1, -0.05) is 11.3 Å². The average Bonchev–Trinajstić information content (AvgIpc) is 3.08. The second-order valence-corrected chi connectivity index (χ2v) is 11.1. The first-order valence-corrected chi connectivity index (χ1v) is 12.8. The molecule has 0 radical (unpaired) electrons. The number of methoxy groups -OCH3 is 1. The number of aromatic nitrogens is 1. The molecule has 32 heavy (non-hydrogen) atoms. The van der Waals surface area contributed by atoms with Crippen LogP contribution in [0.5, 0.6) is 5.75 Å². The predicted molar refractivity (Wildman–Crippen MR) is 125 cm³/mol. The lowest BCUT2D eigenvalue weighted by atomic mass is 9.98. The van der Waals surface area contributed by atoms with Crippen molar-refractivity contribution in [1.29, 1.82) is 0 Å². The van der Waals surface area contributed by atoms with Crippen LogP contribution in [0, 0.1) is 19.8 Å². The molecule has 7 nitrogen and oxygen atoms in total. The van der Waals surface area contributed by atoms with Crippen molar-refractivity contribution < 1.29 is 17.9 Å². The third-order valence-corrected chi connectivity index (χ3v) is 9.14. The third-order valence-electron chi connectivity index (χ3n) is 6.13. The Labute approximate surface area is 192 Å². The van der Waals surface area contributed by atoms with Crippen molar-refractivity contribution in [2.75, 3.05) is 20.2 Å². The molecule has 0 unspecified atom stereocenters. The van der Waals surface area contributed by atoms with E-state index >= 15 is 0 Å². The molecule has 0 spiro atoms. The highest BCUT2D eigenvalue weighted by molar-refractivity contribution is 7.89. The molecule has 1 amide bonds. The Morgan fingerprint density at radius 1 is 1.09 bits per heavy atom. The molecule has 1 aromatic heterocycles. The summed E-state index contributed by atoms with van der Waals surface area (Å²) in [5.74, 6) is 0.155. The number of carbonyl (C=O) groups excluding carboxylic acids is 1. The van der Waals surface area contributed by atoms with Crippen molar-refractivity contribution in [3.05, 3.63) is 52.3 Å². The second kappa shape index (κ2) is 8.80. The summed E-state index contributed by atoms with van der Waals surface area (Å²) in [5.41, 5.74) is 3.47. The number of nitrogens with zero attached hydrogens (tertiary/aromatic N) is 3. The van der Waals surface area contributed by atoms with Gasteiger partial charge in [-0.15, -0.1) is 0 Å². The predicted octanol–water partition coefficient (Wildman–Crippen LogP) is 3.39. The van der Waals surface area contributed by atoms with Gasteiger partial charge in [0.05, 0.1) is 22.2 Å². The van der Waals surface area contributed by atoms with Crippen LogP contribution in [0.3, 0.4) is 0 Å². The van der Waals surface area contributed by atoms with Crippen LogP contribution in [0.2, 0.25) is 0 Å². The topological polar surface area (TPSA) is 81.0 Å². The van der Waals surface area contributed by atoms with E-state index in [0.29, 0.717) is 36.5 Å². The van der Waals surface area contributed by atoms with E-state index in [0.717, 1.165) is 10.2 Å². The zero-order chi connectivity index (χ0) is 23.0. The van der Waals surface area contributed by atoms with Crippen molar-refractivity contribution in [2.45, 2.75) is 31.6 Å². The van der Waals surface area contributed by atoms with E-state index in [4.69, 9.17) is 4.74 Å². The number of carbonyl (C=O) groups is 1. The molecular formula is C23H27N3O4S2. The highest BCUT2D eigenvalue weighted by Gasteiger charge is 2.32. The van der Waals surface area contributed by atoms with E-state index in [1.165, 1.54) is 33.9 Å². The summed E-state index contributed by atoms with van der Waals surface area (Å²) in [7, 11) is -0.134. The smallest absolute Gasteiger partial charge is 0.251 e. The molecule has 0 aliphatic carbocycles. The van der Waals surface area contributed by atoms with Crippen LogP contribution in [0.25, 0.3) is 10.2 Å². The van der Waals surface area contributed by atoms with Gasteiger partial charge in [-0.2, -0.15) is 9.30 Å². The number of thiazole rings is 1. The molecule has 0 atom stereocenters. The van der Waals surface area contributed by atoms with Gasteiger partial charge in [0.25, 0.3) is 5.91 Å². The number of fused-ring (bicyclic) bond motifs is 1. The first-order valence-electron chi connectivity index (χ1n) is 10.5. The maximum absolute atomic E-state index is 12.9. The van der Waals surface area contributed by atoms with Crippen molar-refractivity contribution in [2.24, 2.45) is 18.0 Å². The van der Waals surface area contributed by atoms with Gasteiger partial charge in [0, 0.05) is 26.1 Å². The standard InChI is InChI=1S/C23H27N3O4S2/c1-15-13-20-21(14-16(15)2)31-23(25(20)3)24-22(27)17-9-11-26(12-10-17)32(28,29)19-7-5-18(30-4)6-8-19/h5-8,13-14,17H,9-12H2,1-4H3. The van der Waals surface area contributed by atoms with E-state index in [1.807, 2.05) is 11.6 Å². The minimum Gasteiger partial charge on any atom is -0.497 e. The lowest BCUT2D eigenvalue weighted by molar-refractivity contribution is -0.122. The van der Waals surface area contributed by atoms with Crippen molar-refractivity contribution in [3.63, 3.8) is 0 Å². The zero-order valence-corrected chi connectivity index (χ0v) is 20.3. The Hall–Kier alpha value is -2.49. The van der Waals surface area contributed by atoms with Crippen molar-refractivity contribution in [3.8, 4) is 5.75 Å². The summed E-state index contributed by atoms with van der Waals surface area (Å²) in [6, 6.07) is 10.6. The molecule has 2 aromatic carbocycles. The molecule has 1 saturated heterocycles. The number of ether oxygens (including phenoxy) is 1. The Morgan fingerprint density at radius 3 is 2.34 bits per heavy atom. The SMILES string of the molecule is COc1ccc(S(=O)(=O)N2CCC(C(=O)N=c3sc4cc(C)c(C)cc4n3C)CC2)cc1. The molecule has 1 aliphatic heterocycles. The molecule has 170 valence electrons. The average molecular weight is 474 g/mol. The summed E-state index contributed by atoms with van der Waals surface area (Å²) >= 11 is 1.50. The minimum atomic E-state index is -3.59. The maximum atomic E-state index is 12.9. The van der Waals surface area contributed by atoms with E-state index < -0.39 is 10.0 Å². The summed E-state index contributed by atoms with van der Waals surface area (Å²) in [5, 5.41) is 0. The van der Waals surface area contributed by atoms with Gasteiger partial charge in [0.1, 0.15) is 5.75 Å². The molecule has 0 N–H and O–H groups in total. The number of hydrogen-bond acceptors (Lipinski definition) is 5. The Morgan fingerprint density at radius 2 is 1.72 bits per heavy atom. The maximum Gasteiger partial charge on any atom is 0.251 e. The molecule has 0 saturated carbocycles. The Bertz CT molecular complexity index is 1330. The highest BCUT2D eigenvalue weighted by Crippen LogP contribution is 2.26. The van der Waals surface area contributed by atoms with E-state index in [9.17, 15) is 13.2 Å². The van der Waals surface area contributed by atoms with Gasteiger partial charge >= 0.3 is 0 Å². The normalized spacial score (nSPS) is 16.6. The molecule has 1 fully saturated rings. The van der Waals surface area contributed by atoms with Crippen LogP contribution in [-0.2, 0) is 21.9 Å². The Balaban J connectivity index is 1.49. The zero-order valence-electron chi connectivity index (χ0n) is 18.7. The quantitative estimate of drug-likeness (QED) is 0.582. The molecule has 2 heterocycles. The Kier molecular flexibility index (Phi) is 6.24. The van der Waals surface area contributed by atoms with Gasteiger partial charge in [0.2, 0.25) is 10.0 Å². The number of piperidine rings is 1.